The molecule has 0 aliphatic carbocycles. The van der Waals surface area contributed by atoms with Crippen molar-refractivity contribution in [2.24, 2.45) is 0 Å². The summed E-state index contributed by atoms with van der Waals surface area (Å²) < 4.78 is 33.0. The molecular formula is C30H58NO8P. The fraction of sp³-hybridized carbons (Fsp3) is 0.867. The second-order valence-corrected chi connectivity index (χ2v) is 12.9. The first-order chi connectivity index (χ1) is 19.0. The number of allylic oxidation sites excluding steroid dienone is 2. The van der Waals surface area contributed by atoms with Crippen molar-refractivity contribution in [1.29, 1.82) is 0 Å². The summed E-state index contributed by atoms with van der Waals surface area (Å²) in [5, 5.41) is 0. The van der Waals surface area contributed by atoms with Gasteiger partial charge in [-0.1, -0.05) is 77.4 Å². The number of nitrogens with zero attached hydrogens (tertiary/aromatic N) is 1. The lowest BCUT2D eigenvalue weighted by Gasteiger charge is -2.28. The molecular weight excluding hydrogens is 533 g/mol. The van der Waals surface area contributed by atoms with Crippen molar-refractivity contribution in [2.75, 3.05) is 47.5 Å². The topological polar surface area (TPSA) is 111 Å². The molecule has 40 heavy (non-hydrogen) atoms. The number of quaternary nitrogens is 1. The number of esters is 2. The number of unbranched alkanes of at least 4 members (excludes halogenated alkanes) is 11. The Morgan fingerprint density at radius 1 is 0.750 bits per heavy atom. The van der Waals surface area contributed by atoms with Crippen LogP contribution in [0.3, 0.4) is 0 Å². The number of hydrogen-bond donors (Lipinski definition) is 0. The van der Waals surface area contributed by atoms with Crippen LogP contribution in [-0.2, 0) is 32.7 Å². The van der Waals surface area contributed by atoms with Crippen molar-refractivity contribution in [1.82, 2.24) is 0 Å². The Hall–Kier alpha value is -1.25. The van der Waals surface area contributed by atoms with Crippen molar-refractivity contribution >= 4 is 19.8 Å². The van der Waals surface area contributed by atoms with E-state index in [1.165, 1.54) is 44.9 Å². The van der Waals surface area contributed by atoms with E-state index in [2.05, 4.69) is 19.1 Å². The third kappa shape index (κ3) is 26.9. The molecule has 2 atom stereocenters. The van der Waals surface area contributed by atoms with E-state index in [0.29, 0.717) is 23.9 Å². The third-order valence-electron chi connectivity index (χ3n) is 6.26. The zero-order chi connectivity index (χ0) is 30.1. The summed E-state index contributed by atoms with van der Waals surface area (Å²) in [4.78, 5) is 36.2. The Labute approximate surface area is 244 Å². The second-order valence-electron chi connectivity index (χ2n) is 11.5. The predicted octanol–water partition coefficient (Wildman–Crippen LogP) is 6.49. The van der Waals surface area contributed by atoms with Gasteiger partial charge in [0.25, 0.3) is 7.82 Å². The minimum absolute atomic E-state index is 0.0320. The summed E-state index contributed by atoms with van der Waals surface area (Å²) in [7, 11) is 1.15. The third-order valence-corrected chi connectivity index (χ3v) is 7.22. The standard InChI is InChI=1S/C30H58NO8P/c1-6-8-9-10-11-12-13-14-15-16-17-18-19-20-21-23-30(33)39-28(26-36-29(32)22-7-2)27-38-40(34,35)37-25-24-31(3,4)5/h14-15,28H,6-13,16-27H2,1-5H3/b15-14-/t28-/m1/s1. The van der Waals surface area contributed by atoms with Crippen molar-refractivity contribution in [2.45, 2.75) is 123 Å². The van der Waals surface area contributed by atoms with Gasteiger partial charge in [-0.25, -0.2) is 0 Å². The molecule has 1 unspecified atom stereocenters. The van der Waals surface area contributed by atoms with E-state index in [1.54, 1.807) is 0 Å². The first-order valence-corrected chi connectivity index (χ1v) is 16.9. The van der Waals surface area contributed by atoms with Gasteiger partial charge in [0, 0.05) is 12.8 Å². The molecule has 0 aromatic heterocycles. The Bertz CT molecular complexity index is 723. The highest BCUT2D eigenvalue weighted by Gasteiger charge is 2.21. The van der Waals surface area contributed by atoms with E-state index in [9.17, 15) is 19.0 Å². The molecule has 0 bridgehead atoms. The molecule has 0 fully saturated rings. The molecule has 0 radical (unpaired) electrons. The summed E-state index contributed by atoms with van der Waals surface area (Å²) in [5.74, 6) is -0.908. The van der Waals surface area contributed by atoms with Crippen LogP contribution in [-0.4, -0.2) is 70.0 Å². The molecule has 0 aliphatic heterocycles. The summed E-state index contributed by atoms with van der Waals surface area (Å²) in [5.41, 5.74) is 0. The molecule has 9 nitrogen and oxygen atoms in total. The highest BCUT2D eigenvalue weighted by Crippen LogP contribution is 2.38. The van der Waals surface area contributed by atoms with Crippen molar-refractivity contribution in [3.63, 3.8) is 0 Å². The van der Waals surface area contributed by atoms with Gasteiger partial charge in [-0.3, -0.25) is 14.2 Å². The molecule has 0 saturated heterocycles. The maximum Gasteiger partial charge on any atom is 0.306 e. The van der Waals surface area contributed by atoms with E-state index >= 15 is 0 Å². The van der Waals surface area contributed by atoms with Crippen LogP contribution in [0.1, 0.15) is 117 Å². The molecule has 0 rings (SSSR count). The van der Waals surface area contributed by atoms with Gasteiger partial charge in [-0.15, -0.1) is 0 Å². The van der Waals surface area contributed by atoms with Crippen molar-refractivity contribution in [3.05, 3.63) is 12.2 Å². The van der Waals surface area contributed by atoms with E-state index in [4.69, 9.17) is 18.5 Å². The van der Waals surface area contributed by atoms with Crippen molar-refractivity contribution in [3.8, 4) is 0 Å². The molecule has 0 saturated carbocycles. The van der Waals surface area contributed by atoms with Crippen LogP contribution in [0.2, 0.25) is 0 Å². The minimum atomic E-state index is -4.59. The van der Waals surface area contributed by atoms with Gasteiger partial charge in [0.15, 0.2) is 6.10 Å². The lowest BCUT2D eigenvalue weighted by atomic mass is 10.1. The Morgan fingerprint density at radius 3 is 1.90 bits per heavy atom. The van der Waals surface area contributed by atoms with Crippen molar-refractivity contribution < 1.29 is 42.1 Å². The zero-order valence-electron chi connectivity index (χ0n) is 26.0. The maximum absolute atomic E-state index is 12.4. The van der Waals surface area contributed by atoms with E-state index in [0.717, 1.165) is 32.1 Å². The van der Waals surface area contributed by atoms with Crippen LogP contribution in [0.5, 0.6) is 0 Å². The quantitative estimate of drug-likeness (QED) is 0.0351. The number of ether oxygens (including phenoxy) is 2. The van der Waals surface area contributed by atoms with Gasteiger partial charge in [0.1, 0.15) is 19.8 Å². The van der Waals surface area contributed by atoms with Crippen LogP contribution in [0, 0.1) is 0 Å². The van der Waals surface area contributed by atoms with E-state index < -0.39 is 32.5 Å². The molecule has 236 valence electrons. The van der Waals surface area contributed by atoms with E-state index in [-0.39, 0.29) is 26.1 Å². The smallest absolute Gasteiger partial charge is 0.306 e. The van der Waals surface area contributed by atoms with Crippen LogP contribution < -0.4 is 4.89 Å². The van der Waals surface area contributed by atoms with Gasteiger partial charge in [0.2, 0.25) is 0 Å². The Kier molecular flexibility index (Phi) is 23.6. The maximum atomic E-state index is 12.4. The number of phosphoric acid groups is 1. The Balaban J connectivity index is 4.22. The fourth-order valence-corrected chi connectivity index (χ4v) is 4.53. The highest BCUT2D eigenvalue weighted by atomic mass is 31.2. The molecule has 0 aromatic rings. The minimum Gasteiger partial charge on any atom is -0.756 e. The Morgan fingerprint density at radius 2 is 1.32 bits per heavy atom. The summed E-state index contributed by atoms with van der Waals surface area (Å²) >= 11 is 0. The monoisotopic (exact) mass is 591 g/mol. The molecule has 0 spiro atoms. The largest absolute Gasteiger partial charge is 0.756 e. The van der Waals surface area contributed by atoms with Crippen LogP contribution >= 0.6 is 7.82 Å². The molecule has 0 aliphatic rings. The number of rotatable bonds is 27. The van der Waals surface area contributed by atoms with Crippen LogP contribution in [0.25, 0.3) is 0 Å². The number of phosphoric ester groups is 1. The SMILES string of the molecule is CCCCCCCC/C=C\CCCCCCCC(=O)O[C@H](COC(=O)CCC)COP(=O)([O-])OCC[N+](C)(C)C. The van der Waals surface area contributed by atoms with Gasteiger partial charge in [0.05, 0.1) is 27.7 Å². The van der Waals surface area contributed by atoms with Gasteiger partial charge in [-0.05, 0) is 38.5 Å². The van der Waals surface area contributed by atoms with Gasteiger partial charge < -0.3 is 27.9 Å². The number of carbonyl (C=O) groups excluding carboxylic acids is 2. The van der Waals surface area contributed by atoms with Gasteiger partial charge in [-0.2, -0.15) is 0 Å². The lowest BCUT2D eigenvalue weighted by molar-refractivity contribution is -0.870. The highest BCUT2D eigenvalue weighted by molar-refractivity contribution is 7.45. The average Bonchev–Trinajstić information content (AvgIpc) is 2.87. The van der Waals surface area contributed by atoms with E-state index in [1.807, 2.05) is 28.1 Å². The van der Waals surface area contributed by atoms with Crippen LogP contribution in [0.15, 0.2) is 12.2 Å². The summed E-state index contributed by atoms with van der Waals surface area (Å²) in [6, 6.07) is 0. The lowest BCUT2D eigenvalue weighted by Crippen LogP contribution is -2.37. The first kappa shape index (κ1) is 38.8. The predicted molar refractivity (Wildman–Crippen MR) is 158 cm³/mol. The molecule has 0 aromatic carbocycles. The molecule has 10 heteroatoms. The normalized spacial score (nSPS) is 14.2. The summed E-state index contributed by atoms with van der Waals surface area (Å²) in [6.07, 6.45) is 19.8. The number of carbonyl (C=O) groups is 2. The zero-order valence-corrected chi connectivity index (χ0v) is 26.9. The average molecular weight is 592 g/mol. The summed E-state index contributed by atoms with van der Waals surface area (Å²) in [6.45, 7) is 3.79. The molecule has 0 N–H and O–H groups in total. The molecule has 0 heterocycles. The first-order valence-electron chi connectivity index (χ1n) is 15.4. The van der Waals surface area contributed by atoms with Gasteiger partial charge >= 0.3 is 11.9 Å². The van der Waals surface area contributed by atoms with Crippen LogP contribution in [0.4, 0.5) is 0 Å². The number of likely N-dealkylation sites (N-methyl/N-ethyl adjacent to an activating group) is 1. The second kappa shape index (κ2) is 24.4. The molecule has 0 amide bonds. The fourth-order valence-electron chi connectivity index (χ4n) is 3.80. The number of hydrogen-bond acceptors (Lipinski definition) is 8.